The number of phenolic OH excluding ortho intramolecular Hbond substituents is 1. The van der Waals surface area contributed by atoms with Crippen LogP contribution in [0.2, 0.25) is 0 Å². The van der Waals surface area contributed by atoms with E-state index in [0.717, 1.165) is 6.42 Å². The van der Waals surface area contributed by atoms with Crippen LogP contribution >= 0.6 is 0 Å². The van der Waals surface area contributed by atoms with Gasteiger partial charge in [0.05, 0.1) is 14.2 Å². The molecule has 0 aliphatic carbocycles. The molecule has 3 rings (SSSR count). The summed E-state index contributed by atoms with van der Waals surface area (Å²) in [6.45, 7) is 3.48. The van der Waals surface area contributed by atoms with Crippen LogP contribution < -0.4 is 9.47 Å². The van der Waals surface area contributed by atoms with E-state index in [-0.39, 0.29) is 23.2 Å². The number of nitrogens with zero attached hydrogens (tertiary/aromatic N) is 1. The number of benzene rings is 2. The van der Waals surface area contributed by atoms with E-state index in [0.29, 0.717) is 24.6 Å². The highest BCUT2D eigenvalue weighted by Crippen LogP contribution is 2.38. The Hall–Kier alpha value is -2.69. The van der Waals surface area contributed by atoms with Crippen molar-refractivity contribution in [2.75, 3.05) is 27.3 Å². The van der Waals surface area contributed by atoms with E-state index in [4.69, 9.17) is 9.47 Å². The highest BCUT2D eigenvalue weighted by molar-refractivity contribution is 5.95. The molecule has 1 aliphatic heterocycles. The lowest BCUT2D eigenvalue weighted by Crippen LogP contribution is -2.28. The first-order chi connectivity index (χ1) is 12.0. The zero-order valence-electron chi connectivity index (χ0n) is 14.8. The van der Waals surface area contributed by atoms with Crippen LogP contribution in [-0.2, 0) is 0 Å². The molecule has 1 aliphatic rings. The third kappa shape index (κ3) is 3.40. The van der Waals surface area contributed by atoms with Gasteiger partial charge in [-0.15, -0.1) is 0 Å². The highest BCUT2D eigenvalue weighted by atomic mass is 16.5. The second-order valence-corrected chi connectivity index (χ2v) is 6.38. The maximum atomic E-state index is 12.9. The van der Waals surface area contributed by atoms with Gasteiger partial charge in [0.25, 0.3) is 5.91 Å². The number of rotatable bonds is 4. The number of amides is 1. The zero-order valence-corrected chi connectivity index (χ0v) is 14.8. The van der Waals surface area contributed by atoms with E-state index < -0.39 is 0 Å². The summed E-state index contributed by atoms with van der Waals surface area (Å²) in [5.74, 6) is 0.645. The Morgan fingerprint density at radius 2 is 1.84 bits per heavy atom. The Morgan fingerprint density at radius 3 is 2.44 bits per heavy atom. The van der Waals surface area contributed by atoms with Crippen molar-refractivity contribution in [3.8, 4) is 17.2 Å². The number of hydrogen-bond donors (Lipinski definition) is 1. The fraction of sp³-hybridized carbons (Fsp3) is 0.350. The molecule has 0 unspecified atom stereocenters. The monoisotopic (exact) mass is 341 g/mol. The molecule has 0 bridgehead atoms. The van der Waals surface area contributed by atoms with Crippen LogP contribution in [0.15, 0.2) is 36.4 Å². The number of carbonyl (C=O) groups is 1. The Kier molecular flexibility index (Phi) is 4.83. The van der Waals surface area contributed by atoms with Gasteiger partial charge in [-0.1, -0.05) is 29.8 Å². The van der Waals surface area contributed by atoms with Crippen molar-refractivity contribution in [3.63, 3.8) is 0 Å². The first-order valence-corrected chi connectivity index (χ1v) is 8.34. The quantitative estimate of drug-likeness (QED) is 0.926. The van der Waals surface area contributed by atoms with Gasteiger partial charge in [0.1, 0.15) is 0 Å². The third-order valence-electron chi connectivity index (χ3n) is 4.72. The van der Waals surface area contributed by atoms with Gasteiger partial charge in [-0.25, -0.2) is 0 Å². The van der Waals surface area contributed by atoms with E-state index in [2.05, 4.69) is 31.2 Å². The summed E-state index contributed by atoms with van der Waals surface area (Å²) in [4.78, 5) is 14.7. The molecular formula is C20H23NO4. The number of likely N-dealkylation sites (tertiary alicyclic amines) is 1. The lowest BCUT2D eigenvalue weighted by Gasteiger charge is -2.18. The minimum atomic E-state index is -0.0967. The van der Waals surface area contributed by atoms with Gasteiger partial charge in [0, 0.05) is 24.6 Å². The van der Waals surface area contributed by atoms with Crippen molar-refractivity contribution in [1.29, 1.82) is 0 Å². The SMILES string of the molecule is COc1cc(C(=O)N2CC[C@@H](c3cccc(C)c3)C2)cc(OC)c1O. The van der Waals surface area contributed by atoms with Gasteiger partial charge in [-0.2, -0.15) is 0 Å². The molecule has 0 spiro atoms. The van der Waals surface area contributed by atoms with Crippen LogP contribution in [0, 0.1) is 6.92 Å². The third-order valence-corrected chi connectivity index (χ3v) is 4.72. The first-order valence-electron chi connectivity index (χ1n) is 8.34. The van der Waals surface area contributed by atoms with Crippen LogP contribution in [0.3, 0.4) is 0 Å². The molecule has 0 aromatic heterocycles. The van der Waals surface area contributed by atoms with Crippen molar-refractivity contribution >= 4 is 5.91 Å². The zero-order chi connectivity index (χ0) is 18.0. The molecule has 1 N–H and O–H groups in total. The molecule has 0 radical (unpaired) electrons. The largest absolute Gasteiger partial charge is 0.502 e. The van der Waals surface area contributed by atoms with E-state index in [9.17, 15) is 9.90 Å². The normalized spacial score (nSPS) is 16.8. The molecule has 1 saturated heterocycles. The summed E-state index contributed by atoms with van der Waals surface area (Å²) >= 11 is 0. The number of ether oxygens (including phenoxy) is 2. The van der Waals surface area contributed by atoms with Gasteiger partial charge >= 0.3 is 0 Å². The average Bonchev–Trinajstić information content (AvgIpc) is 3.11. The molecule has 1 fully saturated rings. The van der Waals surface area contributed by atoms with Gasteiger partial charge in [0.2, 0.25) is 5.75 Å². The minimum absolute atomic E-state index is 0.0771. The van der Waals surface area contributed by atoms with E-state index in [1.165, 1.54) is 25.3 Å². The topological polar surface area (TPSA) is 59.0 Å². The molecule has 1 amide bonds. The van der Waals surface area contributed by atoms with Crippen LogP contribution in [0.25, 0.3) is 0 Å². The molecule has 5 nitrogen and oxygen atoms in total. The summed E-state index contributed by atoms with van der Waals surface area (Å²) < 4.78 is 10.3. The molecule has 5 heteroatoms. The van der Waals surface area contributed by atoms with Crippen molar-refractivity contribution in [1.82, 2.24) is 4.90 Å². The fourth-order valence-corrected chi connectivity index (χ4v) is 3.34. The summed E-state index contributed by atoms with van der Waals surface area (Å²) in [6, 6.07) is 11.6. The summed E-state index contributed by atoms with van der Waals surface area (Å²) in [6.07, 6.45) is 0.946. The fourth-order valence-electron chi connectivity index (χ4n) is 3.34. The maximum absolute atomic E-state index is 12.9. The predicted octanol–water partition coefficient (Wildman–Crippen LogP) is 3.35. The molecular weight excluding hydrogens is 318 g/mol. The lowest BCUT2D eigenvalue weighted by atomic mass is 9.97. The smallest absolute Gasteiger partial charge is 0.254 e. The van der Waals surface area contributed by atoms with Crippen molar-refractivity contribution < 1.29 is 19.4 Å². The van der Waals surface area contributed by atoms with Crippen molar-refractivity contribution in [2.24, 2.45) is 0 Å². The standard InChI is InChI=1S/C20H23NO4/c1-13-5-4-6-14(9-13)15-7-8-21(12-15)20(23)16-10-17(24-2)19(22)18(11-16)25-3/h4-6,9-11,15,22H,7-8,12H2,1-3H3/t15-/m1/s1. The van der Waals surface area contributed by atoms with E-state index >= 15 is 0 Å². The minimum Gasteiger partial charge on any atom is -0.502 e. The number of aromatic hydroxyl groups is 1. The Morgan fingerprint density at radius 1 is 1.16 bits per heavy atom. The van der Waals surface area contributed by atoms with Gasteiger partial charge in [-0.05, 0) is 31.0 Å². The second-order valence-electron chi connectivity index (χ2n) is 6.38. The number of carbonyl (C=O) groups excluding carboxylic acids is 1. The van der Waals surface area contributed by atoms with Crippen LogP contribution in [0.1, 0.15) is 33.8 Å². The van der Waals surface area contributed by atoms with Crippen LogP contribution in [-0.4, -0.2) is 43.2 Å². The highest BCUT2D eigenvalue weighted by Gasteiger charge is 2.29. The predicted molar refractivity (Wildman–Crippen MR) is 95.7 cm³/mol. The molecule has 2 aromatic rings. The molecule has 1 atom stereocenters. The van der Waals surface area contributed by atoms with Gasteiger partial charge in [0.15, 0.2) is 11.5 Å². The number of aryl methyl sites for hydroxylation is 1. The maximum Gasteiger partial charge on any atom is 0.254 e. The Bertz CT molecular complexity index is 762. The molecule has 2 aromatic carbocycles. The number of phenols is 1. The molecule has 0 saturated carbocycles. The van der Waals surface area contributed by atoms with Gasteiger partial charge in [-0.3, -0.25) is 4.79 Å². The molecule has 25 heavy (non-hydrogen) atoms. The Labute approximate surface area is 147 Å². The van der Waals surface area contributed by atoms with Crippen LogP contribution in [0.5, 0.6) is 17.2 Å². The second kappa shape index (κ2) is 7.05. The summed E-state index contributed by atoms with van der Waals surface area (Å²) in [5, 5.41) is 10.0. The van der Waals surface area contributed by atoms with Crippen molar-refractivity contribution in [2.45, 2.75) is 19.3 Å². The summed E-state index contributed by atoms with van der Waals surface area (Å²) in [7, 11) is 2.90. The summed E-state index contributed by atoms with van der Waals surface area (Å²) in [5.41, 5.74) is 2.96. The number of hydrogen-bond acceptors (Lipinski definition) is 4. The van der Waals surface area contributed by atoms with E-state index in [1.807, 2.05) is 4.90 Å². The first kappa shape index (κ1) is 17.1. The number of methoxy groups -OCH3 is 2. The molecule has 132 valence electrons. The van der Waals surface area contributed by atoms with Crippen LogP contribution in [0.4, 0.5) is 0 Å². The Balaban J connectivity index is 1.80. The van der Waals surface area contributed by atoms with E-state index in [1.54, 1.807) is 12.1 Å². The van der Waals surface area contributed by atoms with Gasteiger partial charge < -0.3 is 19.5 Å². The average molecular weight is 341 g/mol. The molecule has 1 heterocycles. The van der Waals surface area contributed by atoms with Crippen molar-refractivity contribution in [3.05, 3.63) is 53.1 Å². The lowest BCUT2D eigenvalue weighted by molar-refractivity contribution is 0.0790.